The molecule has 0 aliphatic carbocycles. The number of pyridine rings is 1. The van der Waals surface area contributed by atoms with Gasteiger partial charge in [-0.1, -0.05) is 6.58 Å². The van der Waals surface area contributed by atoms with Gasteiger partial charge < -0.3 is 9.47 Å². The number of carbonyl (C=O) groups is 2. The van der Waals surface area contributed by atoms with Crippen molar-refractivity contribution >= 4 is 17.7 Å². The summed E-state index contributed by atoms with van der Waals surface area (Å²) in [6.07, 6.45) is 2.51. The van der Waals surface area contributed by atoms with Crippen molar-refractivity contribution in [3.63, 3.8) is 0 Å². The number of esters is 1. The Morgan fingerprint density at radius 3 is 2.52 bits per heavy atom. The zero-order chi connectivity index (χ0) is 16.0. The molecule has 114 valence electrons. The van der Waals surface area contributed by atoms with Crippen molar-refractivity contribution in [1.29, 1.82) is 0 Å². The van der Waals surface area contributed by atoms with Gasteiger partial charge in [0, 0.05) is 11.8 Å². The van der Waals surface area contributed by atoms with Crippen LogP contribution in [0.15, 0.2) is 36.7 Å². The normalized spacial score (nSPS) is 10.7. The fourth-order valence-electron chi connectivity index (χ4n) is 1.49. The van der Waals surface area contributed by atoms with E-state index in [1.165, 1.54) is 18.2 Å². The minimum Gasteiger partial charge on any atom is -0.466 e. The van der Waals surface area contributed by atoms with Gasteiger partial charge in [-0.3, -0.25) is 9.88 Å². The summed E-state index contributed by atoms with van der Waals surface area (Å²) in [6.45, 7) is 8.89. The van der Waals surface area contributed by atoms with Crippen molar-refractivity contribution in [2.24, 2.45) is 0 Å². The van der Waals surface area contributed by atoms with Gasteiger partial charge in [0.1, 0.15) is 5.60 Å². The van der Waals surface area contributed by atoms with Gasteiger partial charge >= 0.3 is 12.1 Å². The Labute approximate surface area is 124 Å². The van der Waals surface area contributed by atoms with E-state index in [0.29, 0.717) is 5.69 Å². The molecule has 0 radical (unpaired) electrons. The summed E-state index contributed by atoms with van der Waals surface area (Å²) in [5.74, 6) is -0.576. The average Bonchev–Trinajstić information content (AvgIpc) is 2.42. The molecule has 1 aromatic heterocycles. The molecule has 0 aromatic carbocycles. The Bertz CT molecular complexity index is 520. The third-order valence-electron chi connectivity index (χ3n) is 2.39. The number of methoxy groups -OCH3 is 1. The summed E-state index contributed by atoms with van der Waals surface area (Å²) >= 11 is 0. The van der Waals surface area contributed by atoms with Crippen LogP contribution in [0.5, 0.6) is 0 Å². The third-order valence-corrected chi connectivity index (χ3v) is 2.39. The molecule has 1 rings (SSSR count). The molecule has 21 heavy (non-hydrogen) atoms. The van der Waals surface area contributed by atoms with Crippen molar-refractivity contribution in [3.8, 4) is 0 Å². The Morgan fingerprint density at radius 1 is 1.38 bits per heavy atom. The highest BCUT2D eigenvalue weighted by Crippen LogP contribution is 2.18. The van der Waals surface area contributed by atoms with Gasteiger partial charge in [-0.25, -0.2) is 9.59 Å². The fraction of sp³-hybridized carbons (Fsp3) is 0.400. The van der Waals surface area contributed by atoms with Crippen LogP contribution in [0.1, 0.15) is 20.8 Å². The molecule has 1 heterocycles. The van der Waals surface area contributed by atoms with Gasteiger partial charge in [-0.2, -0.15) is 0 Å². The first-order valence-corrected chi connectivity index (χ1v) is 6.41. The number of ether oxygens (including phenoxy) is 2. The maximum Gasteiger partial charge on any atom is 0.415 e. The lowest BCUT2D eigenvalue weighted by atomic mass is 10.2. The van der Waals surface area contributed by atoms with Gasteiger partial charge in [-0.05, 0) is 32.9 Å². The van der Waals surface area contributed by atoms with Gasteiger partial charge in [0.15, 0.2) is 0 Å². The zero-order valence-corrected chi connectivity index (χ0v) is 12.8. The second-order valence-corrected chi connectivity index (χ2v) is 5.37. The van der Waals surface area contributed by atoms with Crippen molar-refractivity contribution in [2.75, 3.05) is 18.6 Å². The van der Waals surface area contributed by atoms with Gasteiger partial charge in [0.05, 0.1) is 25.5 Å². The minimum absolute atomic E-state index is 0.0344. The first-order valence-electron chi connectivity index (χ1n) is 6.41. The molecule has 6 heteroatoms. The third kappa shape index (κ3) is 5.25. The van der Waals surface area contributed by atoms with Crippen molar-refractivity contribution in [3.05, 3.63) is 36.7 Å². The van der Waals surface area contributed by atoms with E-state index in [1.54, 1.807) is 39.1 Å². The SMILES string of the molecule is C=C(CN(C(=O)OC(C)(C)C)c1cccnc1)C(=O)OC. The summed E-state index contributed by atoms with van der Waals surface area (Å²) in [5, 5.41) is 0. The first-order chi connectivity index (χ1) is 9.74. The topological polar surface area (TPSA) is 68.7 Å². The summed E-state index contributed by atoms with van der Waals surface area (Å²) in [7, 11) is 1.26. The summed E-state index contributed by atoms with van der Waals surface area (Å²) < 4.78 is 9.93. The Morgan fingerprint density at radius 2 is 2.05 bits per heavy atom. The molecular formula is C15H20N2O4. The number of aromatic nitrogens is 1. The van der Waals surface area contributed by atoms with Crippen molar-refractivity contribution in [1.82, 2.24) is 4.98 Å². The molecular weight excluding hydrogens is 272 g/mol. The number of hydrogen-bond acceptors (Lipinski definition) is 5. The monoisotopic (exact) mass is 292 g/mol. The van der Waals surface area contributed by atoms with Crippen LogP contribution in [0.25, 0.3) is 0 Å². The van der Waals surface area contributed by atoms with Crippen LogP contribution < -0.4 is 4.90 Å². The summed E-state index contributed by atoms with van der Waals surface area (Å²) in [6, 6.07) is 3.38. The van der Waals surface area contributed by atoms with Crippen LogP contribution in [0.2, 0.25) is 0 Å². The van der Waals surface area contributed by atoms with E-state index in [2.05, 4.69) is 16.3 Å². The molecule has 0 bridgehead atoms. The number of anilines is 1. The zero-order valence-electron chi connectivity index (χ0n) is 12.8. The van der Waals surface area contributed by atoms with Crippen LogP contribution in [0.4, 0.5) is 10.5 Å². The highest BCUT2D eigenvalue weighted by molar-refractivity contribution is 5.94. The molecule has 0 fully saturated rings. The quantitative estimate of drug-likeness (QED) is 0.630. The molecule has 0 spiro atoms. The van der Waals surface area contributed by atoms with Crippen LogP contribution in [0, 0.1) is 0 Å². The van der Waals surface area contributed by atoms with E-state index >= 15 is 0 Å². The number of carbonyl (C=O) groups excluding carboxylic acids is 2. The number of rotatable bonds is 4. The second kappa shape index (κ2) is 6.88. The molecule has 1 amide bonds. The van der Waals surface area contributed by atoms with E-state index in [1.807, 2.05) is 0 Å². The maximum absolute atomic E-state index is 12.3. The molecule has 0 saturated heterocycles. The standard InChI is InChI=1S/C15H20N2O4/c1-11(13(18)20-5)10-17(12-7-6-8-16-9-12)14(19)21-15(2,3)4/h6-9H,1,10H2,2-5H3. The van der Waals surface area contributed by atoms with Gasteiger partial charge in [-0.15, -0.1) is 0 Å². The number of amides is 1. The second-order valence-electron chi connectivity index (χ2n) is 5.37. The van der Waals surface area contributed by atoms with E-state index < -0.39 is 17.7 Å². The predicted molar refractivity (Wildman–Crippen MR) is 79.0 cm³/mol. The van der Waals surface area contributed by atoms with Crippen LogP contribution in [0.3, 0.4) is 0 Å². The Kier molecular flexibility index (Phi) is 5.46. The van der Waals surface area contributed by atoms with Gasteiger partial charge in [0.25, 0.3) is 0 Å². The molecule has 0 saturated carbocycles. The predicted octanol–water partition coefficient (Wildman–Crippen LogP) is 2.55. The van der Waals surface area contributed by atoms with E-state index in [4.69, 9.17) is 4.74 Å². The molecule has 6 nitrogen and oxygen atoms in total. The van der Waals surface area contributed by atoms with Crippen molar-refractivity contribution < 1.29 is 19.1 Å². The van der Waals surface area contributed by atoms with E-state index in [9.17, 15) is 9.59 Å². The molecule has 0 atom stereocenters. The lowest BCUT2D eigenvalue weighted by Crippen LogP contribution is -2.39. The highest BCUT2D eigenvalue weighted by Gasteiger charge is 2.25. The molecule has 0 N–H and O–H groups in total. The molecule has 0 aliphatic rings. The fourth-order valence-corrected chi connectivity index (χ4v) is 1.49. The highest BCUT2D eigenvalue weighted by atomic mass is 16.6. The molecule has 0 unspecified atom stereocenters. The largest absolute Gasteiger partial charge is 0.466 e. The van der Waals surface area contributed by atoms with Crippen LogP contribution in [-0.2, 0) is 14.3 Å². The number of nitrogens with zero attached hydrogens (tertiary/aromatic N) is 2. The number of hydrogen-bond donors (Lipinski definition) is 0. The van der Waals surface area contributed by atoms with Crippen molar-refractivity contribution in [2.45, 2.75) is 26.4 Å². The van der Waals surface area contributed by atoms with Crippen LogP contribution >= 0.6 is 0 Å². The van der Waals surface area contributed by atoms with E-state index in [0.717, 1.165) is 0 Å². The molecule has 1 aromatic rings. The summed E-state index contributed by atoms with van der Waals surface area (Å²) in [5.41, 5.74) is 0.00783. The first kappa shape index (κ1) is 16.7. The Hall–Kier alpha value is -2.37. The minimum atomic E-state index is -0.649. The maximum atomic E-state index is 12.3. The average molecular weight is 292 g/mol. The van der Waals surface area contributed by atoms with E-state index in [-0.39, 0.29) is 12.1 Å². The smallest absolute Gasteiger partial charge is 0.415 e. The van der Waals surface area contributed by atoms with Gasteiger partial charge in [0.2, 0.25) is 0 Å². The lowest BCUT2D eigenvalue weighted by Gasteiger charge is -2.27. The Balaban J connectivity index is 2.98. The summed E-state index contributed by atoms with van der Waals surface area (Å²) in [4.78, 5) is 29.0. The lowest BCUT2D eigenvalue weighted by molar-refractivity contribution is -0.136. The molecule has 0 aliphatic heterocycles. The van der Waals surface area contributed by atoms with Crippen LogP contribution in [-0.4, -0.2) is 36.3 Å².